The number of benzene rings is 3. The standard InChI is InChI=1S/C23H15BrN2O5/c24-16-9-11-17(12-10-16)25-20(14-5-2-1-3-6-14)19(22(28)23(25)29)21(27)15-7-4-8-18(13-15)26(30)31/h1-13,20,27H/b21-19-. The second-order valence-corrected chi connectivity index (χ2v) is 7.78. The van der Waals surface area contributed by atoms with Crippen LogP contribution in [0.3, 0.4) is 0 Å². The second-order valence-electron chi connectivity index (χ2n) is 6.86. The Morgan fingerprint density at radius 2 is 1.65 bits per heavy atom. The van der Waals surface area contributed by atoms with Gasteiger partial charge in [-0.15, -0.1) is 0 Å². The third-order valence-corrected chi connectivity index (χ3v) is 5.52. The molecule has 1 N–H and O–H groups in total. The number of non-ortho nitro benzene ring substituents is 1. The molecule has 0 bridgehead atoms. The van der Waals surface area contributed by atoms with Crippen LogP contribution in [0.1, 0.15) is 17.2 Å². The van der Waals surface area contributed by atoms with Gasteiger partial charge in [0, 0.05) is 27.9 Å². The summed E-state index contributed by atoms with van der Waals surface area (Å²) in [6.45, 7) is 0. The average Bonchev–Trinajstić information content (AvgIpc) is 3.05. The molecule has 0 spiro atoms. The van der Waals surface area contributed by atoms with Crippen LogP contribution in [0.2, 0.25) is 0 Å². The first kappa shape index (κ1) is 20.5. The molecule has 3 aromatic rings. The van der Waals surface area contributed by atoms with Crippen molar-refractivity contribution in [1.29, 1.82) is 0 Å². The molecule has 1 fully saturated rings. The zero-order valence-electron chi connectivity index (χ0n) is 15.9. The van der Waals surface area contributed by atoms with Gasteiger partial charge >= 0.3 is 0 Å². The van der Waals surface area contributed by atoms with Gasteiger partial charge in [0.05, 0.1) is 16.5 Å². The fourth-order valence-corrected chi connectivity index (χ4v) is 3.84. The number of ketones is 1. The predicted octanol–water partition coefficient (Wildman–Crippen LogP) is 4.98. The van der Waals surface area contributed by atoms with E-state index in [1.807, 2.05) is 0 Å². The molecule has 1 heterocycles. The molecule has 1 saturated heterocycles. The highest BCUT2D eigenvalue weighted by Gasteiger charge is 2.46. The molecule has 1 aliphatic rings. The number of rotatable bonds is 4. The van der Waals surface area contributed by atoms with E-state index in [-0.39, 0.29) is 16.8 Å². The molecule has 31 heavy (non-hydrogen) atoms. The second kappa shape index (κ2) is 8.16. The number of carbonyl (C=O) groups is 2. The van der Waals surface area contributed by atoms with Crippen LogP contribution >= 0.6 is 15.9 Å². The lowest BCUT2D eigenvalue weighted by Gasteiger charge is -2.25. The van der Waals surface area contributed by atoms with Gasteiger partial charge in [-0.2, -0.15) is 0 Å². The predicted molar refractivity (Wildman–Crippen MR) is 118 cm³/mol. The maximum absolute atomic E-state index is 13.0. The van der Waals surface area contributed by atoms with Gasteiger partial charge in [0.15, 0.2) is 0 Å². The first-order chi connectivity index (χ1) is 14.9. The summed E-state index contributed by atoms with van der Waals surface area (Å²) in [6.07, 6.45) is 0. The first-order valence-electron chi connectivity index (χ1n) is 9.25. The van der Waals surface area contributed by atoms with Crippen molar-refractivity contribution in [3.63, 3.8) is 0 Å². The molecule has 1 atom stereocenters. The summed E-state index contributed by atoms with van der Waals surface area (Å²) in [5.74, 6) is -2.11. The van der Waals surface area contributed by atoms with Gasteiger partial charge in [-0.05, 0) is 29.8 Å². The molecule has 4 rings (SSSR count). The minimum absolute atomic E-state index is 0.0870. The number of carbonyl (C=O) groups excluding carboxylic acids is 2. The van der Waals surface area contributed by atoms with Crippen molar-refractivity contribution in [3.8, 4) is 0 Å². The Morgan fingerprint density at radius 3 is 2.29 bits per heavy atom. The molecule has 3 aromatic carbocycles. The fourth-order valence-electron chi connectivity index (χ4n) is 3.57. The molecule has 1 amide bonds. The van der Waals surface area contributed by atoms with Gasteiger partial charge < -0.3 is 5.11 Å². The lowest BCUT2D eigenvalue weighted by atomic mass is 9.95. The normalized spacial score (nSPS) is 17.7. The molecule has 0 radical (unpaired) electrons. The van der Waals surface area contributed by atoms with Gasteiger partial charge in [0.25, 0.3) is 17.4 Å². The summed E-state index contributed by atoms with van der Waals surface area (Å²) in [4.78, 5) is 37.9. The van der Waals surface area contributed by atoms with E-state index in [0.29, 0.717) is 11.3 Å². The highest BCUT2D eigenvalue weighted by atomic mass is 79.9. The summed E-state index contributed by atoms with van der Waals surface area (Å²) in [5.41, 5.74) is 0.833. The Bertz CT molecular complexity index is 1220. The number of nitrogens with zero attached hydrogens (tertiary/aromatic N) is 2. The van der Waals surface area contributed by atoms with Crippen molar-refractivity contribution in [2.45, 2.75) is 6.04 Å². The topological polar surface area (TPSA) is 101 Å². The van der Waals surface area contributed by atoms with Gasteiger partial charge in [-0.25, -0.2) is 0 Å². The Balaban J connectivity index is 1.93. The van der Waals surface area contributed by atoms with Crippen LogP contribution < -0.4 is 4.90 Å². The quantitative estimate of drug-likeness (QED) is 0.187. The number of hydrogen-bond acceptors (Lipinski definition) is 5. The van der Waals surface area contributed by atoms with E-state index in [0.717, 1.165) is 4.47 Å². The maximum Gasteiger partial charge on any atom is 0.300 e. The summed E-state index contributed by atoms with van der Waals surface area (Å²) < 4.78 is 0.806. The first-order valence-corrected chi connectivity index (χ1v) is 10.0. The summed E-state index contributed by atoms with van der Waals surface area (Å²) >= 11 is 3.35. The zero-order valence-corrected chi connectivity index (χ0v) is 17.5. The van der Waals surface area contributed by atoms with Crippen LogP contribution in [0.25, 0.3) is 5.76 Å². The molecule has 7 nitrogen and oxygen atoms in total. The fraction of sp³-hybridized carbons (Fsp3) is 0.0435. The summed E-state index contributed by atoms with van der Waals surface area (Å²) in [6, 6.07) is 20.2. The number of nitro benzene ring substituents is 1. The van der Waals surface area contributed by atoms with Gasteiger partial charge in [-0.1, -0.05) is 58.4 Å². The molecule has 1 unspecified atom stereocenters. The van der Waals surface area contributed by atoms with Gasteiger partial charge in [0.2, 0.25) is 0 Å². The monoisotopic (exact) mass is 478 g/mol. The van der Waals surface area contributed by atoms with E-state index in [9.17, 15) is 24.8 Å². The lowest BCUT2D eigenvalue weighted by Crippen LogP contribution is -2.29. The molecule has 0 aliphatic carbocycles. The highest BCUT2D eigenvalue weighted by molar-refractivity contribution is 9.10. The Morgan fingerprint density at radius 1 is 0.968 bits per heavy atom. The highest BCUT2D eigenvalue weighted by Crippen LogP contribution is 2.42. The third kappa shape index (κ3) is 3.73. The van der Waals surface area contributed by atoms with E-state index >= 15 is 0 Å². The molecular weight excluding hydrogens is 464 g/mol. The number of Topliss-reactive ketones (excluding diaryl/α,β-unsaturated/α-hetero) is 1. The van der Waals surface area contributed by atoms with Crippen molar-refractivity contribution >= 4 is 44.8 Å². The number of aliphatic hydroxyl groups is 1. The number of hydrogen-bond donors (Lipinski definition) is 1. The van der Waals surface area contributed by atoms with Gasteiger partial charge in [-0.3, -0.25) is 24.6 Å². The number of nitro groups is 1. The van der Waals surface area contributed by atoms with Crippen LogP contribution in [-0.4, -0.2) is 21.7 Å². The van der Waals surface area contributed by atoms with E-state index in [1.165, 1.54) is 29.2 Å². The van der Waals surface area contributed by atoms with E-state index in [2.05, 4.69) is 15.9 Å². The zero-order chi connectivity index (χ0) is 22.1. The van der Waals surface area contributed by atoms with Crippen molar-refractivity contribution in [1.82, 2.24) is 0 Å². The number of aliphatic hydroxyl groups excluding tert-OH is 1. The Hall–Kier alpha value is -3.78. The van der Waals surface area contributed by atoms with Gasteiger partial charge in [0.1, 0.15) is 5.76 Å². The minimum Gasteiger partial charge on any atom is -0.507 e. The Kier molecular flexibility index (Phi) is 5.39. The van der Waals surface area contributed by atoms with E-state index < -0.39 is 28.4 Å². The number of anilines is 1. The lowest BCUT2D eigenvalue weighted by molar-refractivity contribution is -0.384. The van der Waals surface area contributed by atoms with Crippen LogP contribution in [0, 0.1) is 10.1 Å². The Labute approximate surface area is 185 Å². The van der Waals surface area contributed by atoms with Crippen molar-refractivity contribution in [2.75, 3.05) is 4.90 Å². The summed E-state index contributed by atoms with van der Waals surface area (Å²) in [7, 11) is 0. The summed E-state index contributed by atoms with van der Waals surface area (Å²) in [5, 5.41) is 22.1. The molecule has 1 aliphatic heterocycles. The van der Waals surface area contributed by atoms with Crippen molar-refractivity contribution in [3.05, 3.63) is 110 Å². The van der Waals surface area contributed by atoms with E-state index in [1.54, 1.807) is 54.6 Å². The van der Waals surface area contributed by atoms with Crippen LogP contribution in [0.15, 0.2) is 88.9 Å². The SMILES string of the molecule is O=C1C(=O)N(c2ccc(Br)cc2)C(c2ccccc2)/C1=C(/O)c1cccc([N+](=O)[O-])c1. The van der Waals surface area contributed by atoms with Crippen LogP contribution in [-0.2, 0) is 9.59 Å². The number of amides is 1. The van der Waals surface area contributed by atoms with Crippen molar-refractivity contribution < 1.29 is 19.6 Å². The van der Waals surface area contributed by atoms with Crippen molar-refractivity contribution in [2.24, 2.45) is 0 Å². The van der Waals surface area contributed by atoms with Crippen LogP contribution in [0.5, 0.6) is 0 Å². The average molecular weight is 479 g/mol. The maximum atomic E-state index is 13.0. The molecule has 0 aromatic heterocycles. The smallest absolute Gasteiger partial charge is 0.300 e. The third-order valence-electron chi connectivity index (χ3n) is 4.99. The largest absolute Gasteiger partial charge is 0.507 e. The van der Waals surface area contributed by atoms with E-state index in [4.69, 9.17) is 0 Å². The molecule has 8 heteroatoms. The molecular formula is C23H15BrN2O5. The van der Waals surface area contributed by atoms with Crippen LogP contribution in [0.4, 0.5) is 11.4 Å². The number of halogens is 1. The molecule has 154 valence electrons. The molecule has 0 saturated carbocycles. The minimum atomic E-state index is -0.887.